The molecular weight excluding hydrogens is 208 g/mol. The van der Waals surface area contributed by atoms with Crippen molar-refractivity contribution in [3.8, 4) is 0 Å². The van der Waals surface area contributed by atoms with Gasteiger partial charge >= 0.3 is 0 Å². The summed E-state index contributed by atoms with van der Waals surface area (Å²) in [5.41, 5.74) is 6.07. The van der Waals surface area contributed by atoms with Crippen LogP contribution in [0.25, 0.3) is 0 Å². The summed E-state index contributed by atoms with van der Waals surface area (Å²) < 4.78 is 0. The third-order valence-electron chi connectivity index (χ3n) is 4.33. The van der Waals surface area contributed by atoms with Crippen molar-refractivity contribution in [3.05, 3.63) is 0 Å². The van der Waals surface area contributed by atoms with E-state index < -0.39 is 0 Å². The van der Waals surface area contributed by atoms with Gasteiger partial charge in [0.1, 0.15) is 0 Å². The van der Waals surface area contributed by atoms with Crippen LogP contribution in [0.2, 0.25) is 0 Å². The van der Waals surface area contributed by atoms with E-state index in [0.29, 0.717) is 5.41 Å². The summed E-state index contributed by atoms with van der Waals surface area (Å²) in [7, 11) is 0. The van der Waals surface area contributed by atoms with E-state index in [0.717, 1.165) is 18.4 Å². The molecule has 2 heteroatoms. The molecule has 0 aromatic rings. The minimum absolute atomic E-state index is 0.488. The van der Waals surface area contributed by atoms with Crippen molar-refractivity contribution in [2.24, 2.45) is 23.0 Å². The molecule has 1 aliphatic heterocycles. The molecule has 1 saturated heterocycles. The van der Waals surface area contributed by atoms with Crippen molar-refractivity contribution in [2.75, 3.05) is 26.2 Å². The predicted molar refractivity (Wildman–Crippen MR) is 76.1 cm³/mol. The number of nitrogens with zero attached hydrogens (tertiary/aromatic N) is 1. The lowest BCUT2D eigenvalue weighted by atomic mass is 9.80. The van der Waals surface area contributed by atoms with Gasteiger partial charge in [-0.05, 0) is 62.6 Å². The van der Waals surface area contributed by atoms with Crippen molar-refractivity contribution in [2.45, 2.75) is 53.4 Å². The Labute approximate surface area is 108 Å². The lowest BCUT2D eigenvalue weighted by Crippen LogP contribution is -2.27. The van der Waals surface area contributed by atoms with Crippen LogP contribution >= 0.6 is 0 Å². The molecule has 0 aliphatic carbocycles. The summed E-state index contributed by atoms with van der Waals surface area (Å²) in [4.78, 5) is 2.66. The van der Waals surface area contributed by atoms with E-state index in [9.17, 15) is 0 Å². The van der Waals surface area contributed by atoms with Gasteiger partial charge < -0.3 is 10.6 Å². The zero-order valence-corrected chi connectivity index (χ0v) is 12.3. The summed E-state index contributed by atoms with van der Waals surface area (Å²) in [5, 5.41) is 0. The molecule has 1 rings (SSSR count). The average molecular weight is 240 g/mol. The molecule has 0 aromatic heterocycles. The van der Waals surface area contributed by atoms with Crippen molar-refractivity contribution in [1.82, 2.24) is 4.90 Å². The highest BCUT2D eigenvalue weighted by Crippen LogP contribution is 2.33. The van der Waals surface area contributed by atoms with Crippen LogP contribution in [-0.4, -0.2) is 31.1 Å². The Morgan fingerprint density at radius 2 is 2.00 bits per heavy atom. The normalized spacial score (nSPS) is 24.2. The summed E-state index contributed by atoms with van der Waals surface area (Å²) in [6.45, 7) is 14.2. The van der Waals surface area contributed by atoms with Gasteiger partial charge in [-0.2, -0.15) is 0 Å². The Morgan fingerprint density at radius 3 is 2.53 bits per heavy atom. The average Bonchev–Trinajstić information content (AvgIpc) is 2.66. The van der Waals surface area contributed by atoms with Crippen molar-refractivity contribution in [1.29, 1.82) is 0 Å². The van der Waals surface area contributed by atoms with E-state index in [2.05, 4.69) is 32.6 Å². The number of hydrogen-bond donors (Lipinski definition) is 1. The standard InChI is InChI=1S/C15H32N2/c1-13(7-9-16)6-5-10-17-11-8-14(12-17)15(2,3)4/h13-14H,5-12,16H2,1-4H3. The first-order valence-corrected chi connectivity index (χ1v) is 7.36. The van der Waals surface area contributed by atoms with Crippen LogP contribution in [0.1, 0.15) is 53.4 Å². The maximum atomic E-state index is 5.58. The number of likely N-dealkylation sites (tertiary alicyclic amines) is 1. The highest BCUT2D eigenvalue weighted by molar-refractivity contribution is 4.83. The lowest BCUT2D eigenvalue weighted by Gasteiger charge is -2.27. The van der Waals surface area contributed by atoms with Gasteiger partial charge in [-0.3, -0.25) is 0 Å². The smallest absolute Gasteiger partial charge is 0.00151 e. The van der Waals surface area contributed by atoms with E-state index in [1.165, 1.54) is 45.3 Å². The number of rotatable bonds is 6. The third kappa shape index (κ3) is 5.39. The topological polar surface area (TPSA) is 29.3 Å². The molecule has 0 bridgehead atoms. The van der Waals surface area contributed by atoms with Gasteiger partial charge in [0, 0.05) is 6.54 Å². The summed E-state index contributed by atoms with van der Waals surface area (Å²) in [6.07, 6.45) is 5.26. The fourth-order valence-corrected chi connectivity index (χ4v) is 2.83. The van der Waals surface area contributed by atoms with Gasteiger partial charge in [0.25, 0.3) is 0 Å². The maximum Gasteiger partial charge on any atom is 0.00151 e. The first kappa shape index (κ1) is 15.0. The molecule has 0 saturated carbocycles. The van der Waals surface area contributed by atoms with Crippen molar-refractivity contribution >= 4 is 0 Å². The van der Waals surface area contributed by atoms with Crippen LogP contribution < -0.4 is 5.73 Å². The second-order valence-corrected chi connectivity index (χ2v) is 6.98. The van der Waals surface area contributed by atoms with Crippen LogP contribution in [0.4, 0.5) is 0 Å². The fraction of sp³-hybridized carbons (Fsp3) is 1.00. The molecule has 1 fully saturated rings. The molecule has 1 heterocycles. The molecule has 2 atom stereocenters. The van der Waals surface area contributed by atoms with Crippen LogP contribution in [-0.2, 0) is 0 Å². The molecule has 0 amide bonds. The largest absolute Gasteiger partial charge is 0.330 e. The minimum Gasteiger partial charge on any atom is -0.330 e. The maximum absolute atomic E-state index is 5.58. The van der Waals surface area contributed by atoms with Crippen molar-refractivity contribution < 1.29 is 0 Å². The SMILES string of the molecule is CC(CCN)CCCN1CCC(C(C)(C)C)C1. The summed E-state index contributed by atoms with van der Waals surface area (Å²) >= 11 is 0. The summed E-state index contributed by atoms with van der Waals surface area (Å²) in [6, 6.07) is 0. The second-order valence-electron chi connectivity index (χ2n) is 6.98. The molecule has 1 aliphatic rings. The summed E-state index contributed by atoms with van der Waals surface area (Å²) in [5.74, 6) is 1.70. The molecule has 0 aromatic carbocycles. The van der Waals surface area contributed by atoms with Gasteiger partial charge in [-0.15, -0.1) is 0 Å². The molecule has 102 valence electrons. The Kier molecular flexibility index (Phi) is 5.94. The first-order valence-electron chi connectivity index (χ1n) is 7.36. The van der Waals surface area contributed by atoms with Gasteiger partial charge in [-0.1, -0.05) is 27.7 Å². The minimum atomic E-state index is 0.488. The predicted octanol–water partition coefficient (Wildman–Crippen LogP) is 3.12. The Bertz CT molecular complexity index is 207. The van der Waals surface area contributed by atoms with Crippen LogP contribution in [0.3, 0.4) is 0 Å². The molecule has 2 nitrogen and oxygen atoms in total. The fourth-order valence-electron chi connectivity index (χ4n) is 2.83. The van der Waals surface area contributed by atoms with E-state index in [-0.39, 0.29) is 0 Å². The number of hydrogen-bond acceptors (Lipinski definition) is 2. The molecule has 2 N–H and O–H groups in total. The van der Waals surface area contributed by atoms with E-state index in [1.807, 2.05) is 0 Å². The Balaban J connectivity index is 2.14. The lowest BCUT2D eigenvalue weighted by molar-refractivity contribution is 0.226. The highest BCUT2D eigenvalue weighted by Gasteiger charge is 2.31. The van der Waals surface area contributed by atoms with Gasteiger partial charge in [0.2, 0.25) is 0 Å². The Morgan fingerprint density at radius 1 is 1.29 bits per heavy atom. The Hall–Kier alpha value is -0.0800. The van der Waals surface area contributed by atoms with Gasteiger partial charge in [-0.25, -0.2) is 0 Å². The van der Waals surface area contributed by atoms with Crippen LogP contribution in [0.5, 0.6) is 0 Å². The van der Waals surface area contributed by atoms with Gasteiger partial charge in [0.05, 0.1) is 0 Å². The van der Waals surface area contributed by atoms with E-state index in [4.69, 9.17) is 5.73 Å². The molecule has 2 unspecified atom stereocenters. The van der Waals surface area contributed by atoms with Crippen molar-refractivity contribution in [3.63, 3.8) is 0 Å². The quantitative estimate of drug-likeness (QED) is 0.773. The van der Waals surface area contributed by atoms with Crippen LogP contribution in [0.15, 0.2) is 0 Å². The first-order chi connectivity index (χ1) is 7.93. The second kappa shape index (κ2) is 6.75. The number of nitrogens with two attached hydrogens (primary N) is 1. The zero-order chi connectivity index (χ0) is 12.9. The monoisotopic (exact) mass is 240 g/mol. The molecule has 17 heavy (non-hydrogen) atoms. The molecule has 0 radical (unpaired) electrons. The van der Waals surface area contributed by atoms with E-state index in [1.54, 1.807) is 0 Å². The van der Waals surface area contributed by atoms with Gasteiger partial charge in [0.15, 0.2) is 0 Å². The van der Waals surface area contributed by atoms with E-state index >= 15 is 0 Å². The highest BCUT2D eigenvalue weighted by atomic mass is 15.1. The van der Waals surface area contributed by atoms with Crippen LogP contribution in [0, 0.1) is 17.3 Å². The molecular formula is C15H32N2. The third-order valence-corrected chi connectivity index (χ3v) is 4.33. The zero-order valence-electron chi connectivity index (χ0n) is 12.3. The molecule has 0 spiro atoms.